The number of benzene rings is 1. The van der Waals surface area contributed by atoms with Crippen molar-refractivity contribution in [1.29, 1.82) is 0 Å². The predicted molar refractivity (Wildman–Crippen MR) is 40.7 cm³/mol. The molecule has 2 N–H and O–H groups in total. The minimum atomic E-state index is -4.86. The zero-order valence-electron chi connectivity index (χ0n) is 6.88. The summed E-state index contributed by atoms with van der Waals surface area (Å²) in [6.07, 6.45) is -4.86. The van der Waals surface area contributed by atoms with Crippen LogP contribution in [0, 0.1) is 0 Å². The molecule has 1 aromatic rings. The highest BCUT2D eigenvalue weighted by atomic mass is 19.4. The number of rotatable bonds is 2. The van der Waals surface area contributed by atoms with Gasteiger partial charge in [-0.1, -0.05) is 12.1 Å². The molecule has 0 aliphatic heterocycles. The quantitative estimate of drug-likeness (QED) is 0.778. The zero-order valence-corrected chi connectivity index (χ0v) is 6.88. The third-order valence-corrected chi connectivity index (χ3v) is 1.48. The van der Waals surface area contributed by atoms with E-state index in [1.807, 2.05) is 0 Å². The van der Waals surface area contributed by atoms with Gasteiger partial charge in [0.25, 0.3) is 0 Å². The normalized spacial score (nSPS) is 11.4. The average molecular weight is 208 g/mol. The van der Waals surface area contributed by atoms with Gasteiger partial charge in [0, 0.05) is 5.56 Å². The SMILES string of the molecule is OCc1cccc(OC(F)(F)F)c1O. The fourth-order valence-corrected chi connectivity index (χ4v) is 0.902. The second kappa shape index (κ2) is 3.75. The average Bonchev–Trinajstić information content (AvgIpc) is 2.06. The number of aliphatic hydroxyl groups excluding tert-OH is 1. The molecule has 0 spiro atoms. The summed E-state index contributed by atoms with van der Waals surface area (Å²) in [5, 5.41) is 17.8. The van der Waals surface area contributed by atoms with Gasteiger partial charge in [0.05, 0.1) is 6.61 Å². The number of ether oxygens (including phenoxy) is 1. The van der Waals surface area contributed by atoms with Crippen molar-refractivity contribution in [3.8, 4) is 11.5 Å². The first kappa shape index (κ1) is 10.6. The lowest BCUT2D eigenvalue weighted by Crippen LogP contribution is -2.17. The number of hydrogen-bond acceptors (Lipinski definition) is 3. The van der Waals surface area contributed by atoms with Crippen molar-refractivity contribution < 1.29 is 28.1 Å². The van der Waals surface area contributed by atoms with Gasteiger partial charge < -0.3 is 14.9 Å². The minimum absolute atomic E-state index is 0.0215. The van der Waals surface area contributed by atoms with E-state index in [2.05, 4.69) is 4.74 Å². The Kier molecular flexibility index (Phi) is 2.85. The lowest BCUT2D eigenvalue weighted by Gasteiger charge is -2.11. The Hall–Kier alpha value is -1.43. The maximum Gasteiger partial charge on any atom is 0.573 e. The van der Waals surface area contributed by atoms with E-state index in [4.69, 9.17) is 10.2 Å². The van der Waals surface area contributed by atoms with Crippen molar-refractivity contribution in [1.82, 2.24) is 0 Å². The Morgan fingerprint density at radius 3 is 2.43 bits per heavy atom. The zero-order chi connectivity index (χ0) is 10.8. The lowest BCUT2D eigenvalue weighted by atomic mass is 10.2. The third kappa shape index (κ3) is 2.53. The summed E-state index contributed by atoms with van der Waals surface area (Å²) >= 11 is 0. The van der Waals surface area contributed by atoms with Crippen molar-refractivity contribution >= 4 is 0 Å². The fourth-order valence-electron chi connectivity index (χ4n) is 0.902. The van der Waals surface area contributed by atoms with Gasteiger partial charge in [0.2, 0.25) is 0 Å². The van der Waals surface area contributed by atoms with Crippen LogP contribution in [0.5, 0.6) is 11.5 Å². The van der Waals surface area contributed by atoms with Crippen molar-refractivity contribution in [2.45, 2.75) is 13.0 Å². The molecule has 1 aromatic carbocycles. The molecule has 0 saturated carbocycles. The van der Waals surface area contributed by atoms with E-state index >= 15 is 0 Å². The van der Waals surface area contributed by atoms with Gasteiger partial charge >= 0.3 is 6.36 Å². The van der Waals surface area contributed by atoms with E-state index in [-0.39, 0.29) is 5.56 Å². The molecule has 78 valence electrons. The van der Waals surface area contributed by atoms with E-state index in [1.165, 1.54) is 12.1 Å². The van der Waals surface area contributed by atoms with Gasteiger partial charge in [-0.3, -0.25) is 0 Å². The molecule has 0 saturated heterocycles. The molecule has 3 nitrogen and oxygen atoms in total. The molecule has 6 heteroatoms. The van der Waals surface area contributed by atoms with E-state index < -0.39 is 24.5 Å². The smallest absolute Gasteiger partial charge is 0.504 e. The van der Waals surface area contributed by atoms with Crippen molar-refractivity contribution in [2.24, 2.45) is 0 Å². The van der Waals surface area contributed by atoms with Gasteiger partial charge in [0.15, 0.2) is 11.5 Å². The second-order valence-corrected chi connectivity index (χ2v) is 2.47. The van der Waals surface area contributed by atoms with Crippen LogP contribution in [0.2, 0.25) is 0 Å². The van der Waals surface area contributed by atoms with E-state index in [0.717, 1.165) is 6.07 Å². The molecule has 0 aliphatic rings. The summed E-state index contributed by atoms with van der Waals surface area (Å²) in [5.74, 6) is -1.42. The first-order valence-electron chi connectivity index (χ1n) is 3.61. The summed E-state index contributed by atoms with van der Waals surface area (Å²) < 4.78 is 38.8. The van der Waals surface area contributed by atoms with Crippen LogP contribution in [-0.2, 0) is 6.61 Å². The number of alkyl halides is 3. The molecule has 0 heterocycles. The Labute approximate surface area is 77.4 Å². The highest BCUT2D eigenvalue weighted by molar-refractivity contribution is 5.45. The Morgan fingerprint density at radius 2 is 1.93 bits per heavy atom. The van der Waals surface area contributed by atoms with Crippen LogP contribution in [0.3, 0.4) is 0 Å². The lowest BCUT2D eigenvalue weighted by molar-refractivity contribution is -0.275. The predicted octanol–water partition coefficient (Wildman–Crippen LogP) is 1.78. The van der Waals surface area contributed by atoms with Gasteiger partial charge in [-0.15, -0.1) is 13.2 Å². The summed E-state index contributed by atoms with van der Waals surface area (Å²) in [7, 11) is 0. The van der Waals surface area contributed by atoms with E-state index in [9.17, 15) is 13.2 Å². The number of para-hydroxylation sites is 1. The molecular weight excluding hydrogens is 201 g/mol. The van der Waals surface area contributed by atoms with E-state index in [0.29, 0.717) is 0 Å². The molecule has 0 amide bonds. The van der Waals surface area contributed by atoms with Crippen molar-refractivity contribution in [3.63, 3.8) is 0 Å². The topological polar surface area (TPSA) is 49.7 Å². The standard InChI is InChI=1S/C8H7F3O3/c9-8(10,11)14-6-3-1-2-5(4-12)7(6)13/h1-3,12-13H,4H2. The third-order valence-electron chi connectivity index (χ3n) is 1.48. The van der Waals surface area contributed by atoms with Gasteiger partial charge in [0.1, 0.15) is 0 Å². The number of halogens is 3. The van der Waals surface area contributed by atoms with Crippen molar-refractivity contribution in [2.75, 3.05) is 0 Å². The highest BCUT2D eigenvalue weighted by Crippen LogP contribution is 2.33. The van der Waals surface area contributed by atoms with Crippen LogP contribution in [0.25, 0.3) is 0 Å². The molecule has 0 unspecified atom stereocenters. The molecular formula is C8H7F3O3. The molecule has 0 aliphatic carbocycles. The number of aliphatic hydroxyl groups is 1. The fraction of sp³-hybridized carbons (Fsp3) is 0.250. The maximum absolute atomic E-state index is 11.8. The van der Waals surface area contributed by atoms with Gasteiger partial charge in [-0.2, -0.15) is 0 Å². The minimum Gasteiger partial charge on any atom is -0.504 e. The summed E-state index contributed by atoms with van der Waals surface area (Å²) in [6.45, 7) is -0.555. The maximum atomic E-state index is 11.8. The Morgan fingerprint density at radius 1 is 1.29 bits per heavy atom. The number of aromatic hydroxyl groups is 1. The van der Waals surface area contributed by atoms with Crippen LogP contribution < -0.4 is 4.74 Å². The monoisotopic (exact) mass is 208 g/mol. The molecule has 1 rings (SSSR count). The Bertz CT molecular complexity index is 322. The molecule has 14 heavy (non-hydrogen) atoms. The van der Waals surface area contributed by atoms with Crippen LogP contribution in [-0.4, -0.2) is 16.6 Å². The molecule has 0 radical (unpaired) electrons. The Balaban J connectivity index is 2.98. The second-order valence-electron chi connectivity index (χ2n) is 2.47. The number of hydrogen-bond donors (Lipinski definition) is 2. The summed E-state index contributed by atoms with van der Waals surface area (Å²) in [4.78, 5) is 0. The van der Waals surface area contributed by atoms with Crippen LogP contribution in [0.1, 0.15) is 5.56 Å². The molecule has 0 bridgehead atoms. The molecule has 0 fully saturated rings. The first-order valence-corrected chi connectivity index (χ1v) is 3.61. The largest absolute Gasteiger partial charge is 0.573 e. The number of phenols is 1. The van der Waals surface area contributed by atoms with Crippen molar-refractivity contribution in [3.05, 3.63) is 23.8 Å². The molecule has 0 atom stereocenters. The van der Waals surface area contributed by atoms with Crippen LogP contribution in [0.4, 0.5) is 13.2 Å². The van der Waals surface area contributed by atoms with Gasteiger partial charge in [-0.25, -0.2) is 0 Å². The highest BCUT2D eigenvalue weighted by Gasteiger charge is 2.32. The molecule has 0 aromatic heterocycles. The first-order chi connectivity index (χ1) is 6.44. The van der Waals surface area contributed by atoms with Crippen LogP contribution >= 0.6 is 0 Å². The van der Waals surface area contributed by atoms with Crippen LogP contribution in [0.15, 0.2) is 18.2 Å². The summed E-state index contributed by atoms with van der Waals surface area (Å²) in [6, 6.07) is 3.49. The van der Waals surface area contributed by atoms with E-state index in [1.54, 1.807) is 0 Å². The summed E-state index contributed by atoms with van der Waals surface area (Å²) in [5.41, 5.74) is -0.0215. The van der Waals surface area contributed by atoms with Gasteiger partial charge in [-0.05, 0) is 6.07 Å².